The number of fused-ring (bicyclic) bond motifs is 8. The molecule has 4 aromatic carbocycles. The average molecular weight is 918 g/mol. The van der Waals surface area contributed by atoms with Crippen LogP contribution in [-0.4, -0.2) is 50.5 Å². The lowest BCUT2D eigenvalue weighted by atomic mass is 9.56. The minimum absolute atomic E-state index is 0.0285. The van der Waals surface area contributed by atoms with Crippen LogP contribution in [0.4, 0.5) is 22.0 Å². The second-order valence-electron chi connectivity index (χ2n) is 19.4. The van der Waals surface area contributed by atoms with Gasteiger partial charge in [-0.3, -0.25) is 4.18 Å². The third-order valence-corrected chi connectivity index (χ3v) is 16.4. The van der Waals surface area contributed by atoms with Crippen molar-refractivity contribution >= 4 is 32.1 Å². The van der Waals surface area contributed by atoms with Gasteiger partial charge in [-0.15, -0.1) is 0 Å². The molecule has 2 heterocycles. The highest BCUT2D eigenvalue weighted by Gasteiger charge is 2.60. The third kappa shape index (κ3) is 8.18. The van der Waals surface area contributed by atoms with Gasteiger partial charge in [0.25, 0.3) is 0 Å². The van der Waals surface area contributed by atoms with Crippen LogP contribution in [0, 0.1) is 23.5 Å². The topological polar surface area (TPSA) is 125 Å². The third-order valence-electron chi connectivity index (χ3n) is 15.8. The molecule has 15 heteroatoms. The van der Waals surface area contributed by atoms with Crippen molar-refractivity contribution in [2.45, 2.75) is 139 Å². The Labute approximate surface area is 376 Å². The molecule has 10 rings (SSSR count). The molecule has 6 atom stereocenters. The van der Waals surface area contributed by atoms with Crippen molar-refractivity contribution in [1.82, 2.24) is 19.6 Å². The zero-order valence-corrected chi connectivity index (χ0v) is 37.8. The van der Waals surface area contributed by atoms with Gasteiger partial charge in [-0.2, -0.15) is 31.8 Å². The van der Waals surface area contributed by atoms with Gasteiger partial charge >= 0.3 is 16.5 Å². The highest BCUT2D eigenvalue weighted by molar-refractivity contribution is 7.84. The average Bonchev–Trinajstić information content (AvgIpc) is 3.78. The number of aliphatic hydroxyl groups is 1. The number of nitrogens with zero attached hydrogens (tertiary/aromatic N) is 4. The van der Waals surface area contributed by atoms with Gasteiger partial charge < -0.3 is 5.11 Å². The molecular weight excluding hydrogens is 862 g/mol. The maximum atomic E-state index is 13.6. The van der Waals surface area contributed by atoms with Crippen molar-refractivity contribution < 1.29 is 39.7 Å². The fourth-order valence-corrected chi connectivity index (χ4v) is 13.2. The molecule has 0 radical (unpaired) electrons. The molecule has 2 fully saturated rings. The number of halogens is 5. The molecule has 0 unspecified atom stereocenters. The van der Waals surface area contributed by atoms with Gasteiger partial charge in [0, 0.05) is 10.8 Å². The fraction of sp³-hybridized carbons (Fsp3) is 0.480. The Morgan fingerprint density at radius 3 is 1.60 bits per heavy atom. The smallest absolute Gasteiger partial charge is 0.380 e. The Kier molecular flexibility index (Phi) is 11.6. The van der Waals surface area contributed by atoms with E-state index in [0.717, 1.165) is 95.7 Å². The van der Waals surface area contributed by atoms with E-state index in [1.807, 2.05) is 24.7 Å². The lowest BCUT2D eigenvalue weighted by Crippen LogP contribution is -2.54. The predicted octanol–water partition coefficient (Wildman–Crippen LogP) is 11.2. The van der Waals surface area contributed by atoms with Crippen LogP contribution in [0.15, 0.2) is 85.2 Å². The van der Waals surface area contributed by atoms with Gasteiger partial charge in [0.05, 0.1) is 40.4 Å². The number of nitrogens with two attached hydrogens (primary N) is 1. The number of hydrogen-bond acceptors (Lipinski definition) is 6. The minimum Gasteiger partial charge on any atom is -0.380 e. The van der Waals surface area contributed by atoms with Gasteiger partial charge in [-0.25, -0.2) is 23.3 Å². The minimum atomic E-state index is -4.61. The monoisotopic (exact) mass is 917 g/mol. The molecule has 0 spiro atoms. The first-order valence-corrected chi connectivity index (χ1v) is 24.3. The number of hydrogen-bond donors (Lipinski definition) is 2. The number of aryl methyl sites for hydroxylation is 2. The van der Waals surface area contributed by atoms with Crippen molar-refractivity contribution in [3.63, 3.8) is 0 Å². The van der Waals surface area contributed by atoms with Crippen molar-refractivity contribution in [3.05, 3.63) is 119 Å². The van der Waals surface area contributed by atoms with E-state index in [2.05, 4.69) is 41.4 Å². The quantitative estimate of drug-likeness (QED) is 0.160. The zero-order valence-electron chi connectivity index (χ0n) is 37.0. The van der Waals surface area contributed by atoms with Crippen LogP contribution in [0.2, 0.25) is 0 Å². The standard InChI is InChI=1S/C25H26F4N2O.C25H30FN3O3S/c1-2-23-10-11-24(32,25(27,28)29)14-18(23)5-3-4-16-13-22-17(12-21(16)23)15-30-31(22)20-8-6-19(26)7-9-20;1-3-25-12-11-24(2,32-33(27,30)31)15-19(25)6-4-5-17-14-23-18(13-22(17)25)16-28-29(23)21-9-7-20(26)8-10-21/h6-9,12-13,15,18,32H,2-5,10-11,14H2,1H3;7-10,13-14,16,19H,3-6,11-12,15H2,1-2H3,(H2,27,30,31)/t18-,23-,24-;19-,24-,25-/m00/s1. The Hall–Kier alpha value is -4.70. The fourth-order valence-electron chi connectivity index (χ4n) is 12.5. The first kappa shape index (κ1) is 45.5. The largest absolute Gasteiger partial charge is 0.417 e. The molecule has 2 saturated carbocycles. The number of alkyl halides is 3. The summed E-state index contributed by atoms with van der Waals surface area (Å²) in [6, 6.07) is 21.2. The molecule has 4 aliphatic rings. The van der Waals surface area contributed by atoms with E-state index in [0.29, 0.717) is 31.6 Å². The van der Waals surface area contributed by atoms with E-state index in [9.17, 15) is 35.5 Å². The molecule has 0 bridgehead atoms. The van der Waals surface area contributed by atoms with Crippen LogP contribution < -0.4 is 5.14 Å². The first-order chi connectivity index (χ1) is 30.8. The zero-order chi connectivity index (χ0) is 46.2. The summed E-state index contributed by atoms with van der Waals surface area (Å²) in [5.41, 5.74) is 4.67. The van der Waals surface area contributed by atoms with E-state index < -0.39 is 27.7 Å². The Morgan fingerprint density at radius 2 is 1.17 bits per heavy atom. The van der Waals surface area contributed by atoms with E-state index in [4.69, 9.17) is 9.32 Å². The molecule has 6 aromatic rings. The van der Waals surface area contributed by atoms with E-state index >= 15 is 0 Å². The maximum absolute atomic E-state index is 13.6. The van der Waals surface area contributed by atoms with E-state index in [-0.39, 0.29) is 41.2 Å². The SMILES string of the molecule is CC[C@]12CC[C@@](O)(C(F)(F)F)C[C@@H]1CCCc1cc3c(cnn3-c3ccc(F)cc3)cc12.CC[C@]12CC[C@](C)(OS(N)(=O)=O)C[C@@H]1CCCc1cc3c(cnn3-c3ccc(F)cc3)cc12. The number of aromatic nitrogens is 4. The van der Waals surface area contributed by atoms with Crippen LogP contribution in [0.5, 0.6) is 0 Å². The number of benzene rings is 4. The second kappa shape index (κ2) is 16.6. The molecule has 65 heavy (non-hydrogen) atoms. The molecule has 346 valence electrons. The molecule has 0 saturated heterocycles. The normalized spacial score (nSPS) is 28.0. The molecule has 4 aliphatic carbocycles. The molecular formula is C50H56F5N5O4S. The molecule has 9 nitrogen and oxygen atoms in total. The summed E-state index contributed by atoms with van der Waals surface area (Å²) in [7, 11) is -4.01. The predicted molar refractivity (Wildman–Crippen MR) is 240 cm³/mol. The first-order valence-electron chi connectivity index (χ1n) is 22.9. The van der Waals surface area contributed by atoms with Gasteiger partial charge in [0.15, 0.2) is 5.60 Å². The van der Waals surface area contributed by atoms with E-state index in [1.165, 1.54) is 35.4 Å². The Bertz CT molecular complexity index is 2850. The summed E-state index contributed by atoms with van der Waals surface area (Å²) in [5, 5.41) is 26.8. The summed E-state index contributed by atoms with van der Waals surface area (Å²) in [4.78, 5) is 0. The van der Waals surface area contributed by atoms with Crippen LogP contribution in [0.25, 0.3) is 33.2 Å². The van der Waals surface area contributed by atoms with E-state index in [1.54, 1.807) is 35.1 Å². The number of rotatable bonds is 6. The van der Waals surface area contributed by atoms with Gasteiger partial charge in [-0.05, 0) is 215 Å². The Morgan fingerprint density at radius 1 is 0.723 bits per heavy atom. The van der Waals surface area contributed by atoms with Crippen LogP contribution in [0.3, 0.4) is 0 Å². The van der Waals surface area contributed by atoms with Crippen molar-refractivity contribution in [2.24, 2.45) is 17.0 Å². The van der Waals surface area contributed by atoms with Crippen molar-refractivity contribution in [3.8, 4) is 11.4 Å². The second-order valence-corrected chi connectivity index (χ2v) is 20.5. The molecule has 3 N–H and O–H groups in total. The van der Waals surface area contributed by atoms with Crippen molar-refractivity contribution in [1.29, 1.82) is 0 Å². The van der Waals surface area contributed by atoms with Crippen LogP contribution >= 0.6 is 0 Å². The summed E-state index contributed by atoms with van der Waals surface area (Å²) in [6.45, 7) is 6.16. The molecule has 2 aromatic heterocycles. The summed E-state index contributed by atoms with van der Waals surface area (Å²) in [6.07, 6.45) is 7.95. The summed E-state index contributed by atoms with van der Waals surface area (Å²) in [5.74, 6) is -0.491. The highest BCUT2D eigenvalue weighted by atomic mass is 32.2. The van der Waals surface area contributed by atoms with Gasteiger partial charge in [-0.1, -0.05) is 13.8 Å². The van der Waals surface area contributed by atoms with Crippen LogP contribution in [-0.2, 0) is 38.2 Å². The molecule has 0 aliphatic heterocycles. The van der Waals surface area contributed by atoms with Crippen LogP contribution in [0.1, 0.15) is 120 Å². The highest BCUT2D eigenvalue weighted by Crippen LogP contribution is 2.58. The van der Waals surface area contributed by atoms with Crippen molar-refractivity contribution in [2.75, 3.05) is 0 Å². The summed E-state index contributed by atoms with van der Waals surface area (Å²) >= 11 is 0. The summed E-state index contributed by atoms with van der Waals surface area (Å²) < 4.78 is 100. The van der Waals surface area contributed by atoms with Gasteiger partial charge in [0.1, 0.15) is 11.6 Å². The van der Waals surface area contributed by atoms with Gasteiger partial charge in [0.2, 0.25) is 0 Å². The maximum Gasteiger partial charge on any atom is 0.417 e. The lowest BCUT2D eigenvalue weighted by molar-refractivity contribution is -0.279. The Balaban J connectivity index is 0.000000164. The molecule has 0 amide bonds. The lowest BCUT2D eigenvalue weighted by Gasteiger charge is -2.50.